The lowest BCUT2D eigenvalue weighted by Gasteiger charge is -2.44. The number of aryl methyl sites for hydroxylation is 1. The van der Waals surface area contributed by atoms with Crippen LogP contribution in [0.1, 0.15) is 91.8 Å². The summed E-state index contributed by atoms with van der Waals surface area (Å²) < 4.78 is 0. The molecule has 5 heterocycles. The first-order valence-corrected chi connectivity index (χ1v) is 17.7. The van der Waals surface area contributed by atoms with Crippen molar-refractivity contribution in [3.8, 4) is 11.4 Å². The van der Waals surface area contributed by atoms with E-state index in [4.69, 9.17) is 9.97 Å². The Hall–Kier alpha value is -5.10. The molecule has 246 valence electrons. The number of likely N-dealkylation sites (N-methyl/N-ethyl adjacent to an activating group) is 1. The highest BCUT2D eigenvalue weighted by molar-refractivity contribution is 5.87. The van der Waals surface area contributed by atoms with Crippen LogP contribution in [-0.4, -0.2) is 28.1 Å². The fourth-order valence-electron chi connectivity index (χ4n) is 9.32. The number of benzene rings is 4. The monoisotopic (exact) mass is 644 g/mol. The molecule has 4 aromatic carbocycles. The maximum atomic E-state index is 5.25. The number of hydrogen-bond donors (Lipinski definition) is 0. The van der Waals surface area contributed by atoms with E-state index >= 15 is 0 Å². The Kier molecular flexibility index (Phi) is 6.55. The van der Waals surface area contributed by atoms with Gasteiger partial charge in [-0.3, -0.25) is 0 Å². The summed E-state index contributed by atoms with van der Waals surface area (Å²) in [7, 11) is 2.22. The molecule has 0 radical (unpaired) electrons. The number of rotatable bonds is 5. The van der Waals surface area contributed by atoms with Gasteiger partial charge in [0.2, 0.25) is 0 Å². The van der Waals surface area contributed by atoms with Crippen LogP contribution in [0.5, 0.6) is 0 Å². The van der Waals surface area contributed by atoms with Crippen LogP contribution < -0.4 is 14.7 Å². The van der Waals surface area contributed by atoms with Gasteiger partial charge in [0.25, 0.3) is 0 Å². The smallest absolute Gasteiger partial charge is 0.161 e. The molecule has 0 bridgehead atoms. The minimum Gasteiger partial charge on any atom is -0.342 e. The maximum Gasteiger partial charge on any atom is 0.161 e. The lowest BCUT2D eigenvalue weighted by atomic mass is 9.85. The van der Waals surface area contributed by atoms with Crippen LogP contribution in [0.2, 0.25) is 0 Å². The number of fused-ring (bicyclic) bond motifs is 8. The molecule has 4 aliphatic rings. The lowest BCUT2D eigenvalue weighted by molar-refractivity contribution is 0.142. The third kappa shape index (κ3) is 4.00. The number of hydrogen-bond acceptors (Lipinski definition) is 6. The molecule has 0 fully saturated rings. The fraction of sp³-hybridized carbons (Fsp3) is 0.302. The molecule has 49 heavy (non-hydrogen) atoms. The molecule has 0 aliphatic carbocycles. The molecular weight excluding hydrogens is 601 g/mol. The first kappa shape index (κ1) is 30.0. The third-order valence-electron chi connectivity index (χ3n) is 11.6. The highest BCUT2D eigenvalue weighted by atomic mass is 15.5. The Balaban J connectivity index is 1.20. The SMILES string of the molecule is Cc1ccccc1-c1ncc2c(n1)N(C)C1C([C@H]3c4ccccc4C4(C)N(c5c(C(C)C)cccc5C(C)C)C=CN34)c3ccccc3N21. The lowest BCUT2D eigenvalue weighted by Crippen LogP contribution is -2.48. The molecule has 0 N–H and O–H groups in total. The van der Waals surface area contributed by atoms with Gasteiger partial charge in [0.05, 0.1) is 23.8 Å². The molecule has 0 spiro atoms. The van der Waals surface area contributed by atoms with E-state index in [0.29, 0.717) is 11.8 Å². The summed E-state index contributed by atoms with van der Waals surface area (Å²) in [6, 6.07) is 33.5. The largest absolute Gasteiger partial charge is 0.342 e. The second kappa shape index (κ2) is 10.7. The van der Waals surface area contributed by atoms with E-state index in [1.54, 1.807) is 0 Å². The Labute approximate surface area is 290 Å². The van der Waals surface area contributed by atoms with Crippen molar-refractivity contribution in [1.82, 2.24) is 14.9 Å². The van der Waals surface area contributed by atoms with E-state index in [0.717, 1.165) is 22.9 Å². The van der Waals surface area contributed by atoms with Gasteiger partial charge in [0, 0.05) is 36.3 Å². The summed E-state index contributed by atoms with van der Waals surface area (Å²) in [4.78, 5) is 20.3. The molecule has 1 aromatic heterocycles. The molecule has 0 amide bonds. The Bertz CT molecular complexity index is 2120. The molecule has 0 saturated carbocycles. The highest BCUT2D eigenvalue weighted by Gasteiger charge is 2.60. The van der Waals surface area contributed by atoms with Crippen molar-refractivity contribution in [3.05, 3.63) is 143 Å². The minimum absolute atomic E-state index is 0.0471. The Morgan fingerprint density at radius 1 is 0.735 bits per heavy atom. The Morgan fingerprint density at radius 2 is 1.41 bits per heavy atom. The summed E-state index contributed by atoms with van der Waals surface area (Å²) >= 11 is 0. The number of anilines is 4. The van der Waals surface area contributed by atoms with E-state index < -0.39 is 0 Å². The van der Waals surface area contributed by atoms with Crippen LogP contribution in [0.3, 0.4) is 0 Å². The van der Waals surface area contributed by atoms with Crippen molar-refractivity contribution in [2.75, 3.05) is 21.7 Å². The quantitative estimate of drug-likeness (QED) is 0.190. The van der Waals surface area contributed by atoms with Gasteiger partial charge in [-0.1, -0.05) is 113 Å². The van der Waals surface area contributed by atoms with Crippen molar-refractivity contribution in [2.24, 2.45) is 0 Å². The van der Waals surface area contributed by atoms with Gasteiger partial charge < -0.3 is 19.6 Å². The zero-order valence-electron chi connectivity index (χ0n) is 29.5. The summed E-state index contributed by atoms with van der Waals surface area (Å²) in [6.45, 7) is 13.8. The van der Waals surface area contributed by atoms with Crippen molar-refractivity contribution < 1.29 is 0 Å². The summed E-state index contributed by atoms with van der Waals surface area (Å²) in [5.74, 6) is 2.71. The first-order valence-electron chi connectivity index (χ1n) is 17.7. The molecule has 4 aliphatic heterocycles. The molecule has 4 atom stereocenters. The van der Waals surface area contributed by atoms with E-state index in [9.17, 15) is 0 Å². The molecule has 6 heteroatoms. The second-order valence-electron chi connectivity index (χ2n) is 14.9. The van der Waals surface area contributed by atoms with Crippen molar-refractivity contribution in [3.63, 3.8) is 0 Å². The van der Waals surface area contributed by atoms with Gasteiger partial charge in [-0.05, 0) is 59.6 Å². The normalized spacial score (nSPS) is 23.0. The van der Waals surface area contributed by atoms with Crippen LogP contribution in [0.4, 0.5) is 22.9 Å². The van der Waals surface area contributed by atoms with Crippen LogP contribution >= 0.6 is 0 Å². The van der Waals surface area contributed by atoms with Crippen LogP contribution in [0.25, 0.3) is 11.4 Å². The average Bonchev–Trinajstić information content (AvgIpc) is 3.79. The van der Waals surface area contributed by atoms with Gasteiger partial charge in [0.1, 0.15) is 17.5 Å². The van der Waals surface area contributed by atoms with Crippen molar-refractivity contribution >= 4 is 22.9 Å². The van der Waals surface area contributed by atoms with Crippen molar-refractivity contribution in [1.29, 1.82) is 0 Å². The molecular formula is C43H44N6. The maximum absolute atomic E-state index is 5.25. The van der Waals surface area contributed by atoms with Gasteiger partial charge in [0.15, 0.2) is 11.6 Å². The van der Waals surface area contributed by atoms with Crippen LogP contribution in [-0.2, 0) is 5.66 Å². The van der Waals surface area contributed by atoms with Gasteiger partial charge in [-0.2, -0.15) is 0 Å². The predicted molar refractivity (Wildman–Crippen MR) is 200 cm³/mol. The van der Waals surface area contributed by atoms with Gasteiger partial charge >= 0.3 is 0 Å². The van der Waals surface area contributed by atoms with Crippen LogP contribution in [0.15, 0.2) is 110 Å². The molecule has 0 saturated heterocycles. The van der Waals surface area contributed by atoms with E-state index in [2.05, 4.69) is 172 Å². The first-order chi connectivity index (χ1) is 23.7. The van der Waals surface area contributed by atoms with Crippen LogP contribution in [0, 0.1) is 6.92 Å². The van der Waals surface area contributed by atoms with E-state index in [1.807, 2.05) is 6.20 Å². The number of para-hydroxylation sites is 2. The van der Waals surface area contributed by atoms with E-state index in [1.165, 1.54) is 44.8 Å². The average molecular weight is 645 g/mol. The predicted octanol–water partition coefficient (Wildman–Crippen LogP) is 9.93. The van der Waals surface area contributed by atoms with E-state index in [-0.39, 0.29) is 23.8 Å². The second-order valence-corrected chi connectivity index (χ2v) is 14.9. The molecule has 5 aromatic rings. The molecule has 9 rings (SSSR count). The van der Waals surface area contributed by atoms with Gasteiger partial charge in [-0.15, -0.1) is 0 Å². The summed E-state index contributed by atoms with van der Waals surface area (Å²) in [5.41, 5.74) is 12.5. The van der Waals surface area contributed by atoms with Crippen molar-refractivity contribution in [2.45, 2.75) is 77.2 Å². The molecule has 6 nitrogen and oxygen atoms in total. The fourth-order valence-corrected chi connectivity index (χ4v) is 9.32. The summed E-state index contributed by atoms with van der Waals surface area (Å²) in [6.07, 6.45) is 6.81. The zero-order chi connectivity index (χ0) is 33.8. The third-order valence-corrected chi connectivity index (χ3v) is 11.6. The zero-order valence-corrected chi connectivity index (χ0v) is 29.5. The number of aromatic nitrogens is 2. The highest BCUT2D eigenvalue weighted by Crippen LogP contribution is 2.64. The topological polar surface area (TPSA) is 38.7 Å². The minimum atomic E-state index is -0.389. The van der Waals surface area contributed by atoms with Gasteiger partial charge in [-0.25, -0.2) is 9.97 Å². The standard InChI is InChI=1S/C43H44N6/c1-26(2)29-19-14-20-30(27(3)4)38(29)47-23-24-48-39(32-17-10-12-21-34(32)43(47,48)6)37-33-18-11-13-22-35(33)49-36-25-44-40(31-16-9-8-15-28(31)5)45-41(36)46(7)42(37)49/h8-27,37,39,42H,1-7H3/t37?,39-,42?,43?/m1/s1. The summed E-state index contributed by atoms with van der Waals surface area (Å²) in [5, 5.41) is 0. The number of nitrogens with zero attached hydrogens (tertiary/aromatic N) is 6. The Morgan fingerprint density at radius 3 is 2.14 bits per heavy atom. The molecule has 3 unspecified atom stereocenters.